The molecule has 4 rings (SSSR count). The molecule has 1 atom stereocenters. The minimum absolute atomic E-state index is 0.0804. The Morgan fingerprint density at radius 2 is 2.00 bits per heavy atom. The second kappa shape index (κ2) is 9.47. The summed E-state index contributed by atoms with van der Waals surface area (Å²) in [6.07, 6.45) is 2.78. The molecule has 2 aliphatic heterocycles. The molecule has 3 amide bonds. The van der Waals surface area contributed by atoms with Crippen molar-refractivity contribution in [3.63, 3.8) is 0 Å². The number of rotatable bonds is 5. The van der Waals surface area contributed by atoms with E-state index in [1.54, 1.807) is 30.3 Å². The van der Waals surface area contributed by atoms with Gasteiger partial charge in [-0.3, -0.25) is 19.3 Å². The number of imide groups is 1. The zero-order valence-corrected chi connectivity index (χ0v) is 21.3. The van der Waals surface area contributed by atoms with E-state index >= 15 is 0 Å². The lowest BCUT2D eigenvalue weighted by atomic mass is 9.79. The molecule has 0 aromatic heterocycles. The van der Waals surface area contributed by atoms with Gasteiger partial charge in [-0.25, -0.2) is 0 Å². The molecule has 0 spiro atoms. The van der Waals surface area contributed by atoms with Crippen molar-refractivity contribution in [1.82, 2.24) is 4.90 Å². The molecule has 0 radical (unpaired) electrons. The van der Waals surface area contributed by atoms with Crippen LogP contribution in [0.1, 0.15) is 51.2 Å². The number of carbonyl (C=O) groups is 3. The van der Waals surface area contributed by atoms with Crippen LogP contribution in [0.15, 0.2) is 47.4 Å². The predicted octanol–water partition coefficient (Wildman–Crippen LogP) is 6.13. The highest BCUT2D eigenvalue weighted by atomic mass is 35.5. The summed E-state index contributed by atoms with van der Waals surface area (Å²) in [5.74, 6) is -0.541. The average molecular weight is 498 g/mol. The van der Waals surface area contributed by atoms with Crippen LogP contribution < -0.4 is 10.2 Å². The van der Waals surface area contributed by atoms with Gasteiger partial charge in [-0.2, -0.15) is 0 Å². The molecule has 0 saturated carbocycles. The van der Waals surface area contributed by atoms with Gasteiger partial charge in [0, 0.05) is 28.5 Å². The SMILES string of the molecule is CCN1c2ccc(/C=C3\SC(=O)N(CC(=O)Nc4cccc(Cl)c4)C3=O)cc2[C@H](C)CC1(C)C. The third kappa shape index (κ3) is 4.86. The van der Waals surface area contributed by atoms with E-state index in [4.69, 9.17) is 11.6 Å². The maximum Gasteiger partial charge on any atom is 0.294 e. The minimum atomic E-state index is -0.462. The zero-order valence-electron chi connectivity index (χ0n) is 19.7. The highest BCUT2D eigenvalue weighted by Crippen LogP contribution is 2.44. The first-order valence-corrected chi connectivity index (χ1v) is 12.5. The van der Waals surface area contributed by atoms with E-state index in [0.29, 0.717) is 21.5 Å². The van der Waals surface area contributed by atoms with Gasteiger partial charge in [-0.05, 0) is 92.4 Å². The molecule has 6 nitrogen and oxygen atoms in total. The summed E-state index contributed by atoms with van der Waals surface area (Å²) in [5.41, 5.74) is 3.92. The number of halogens is 1. The second-order valence-corrected chi connectivity index (χ2v) is 10.7. The number of nitrogens with zero attached hydrogens (tertiary/aromatic N) is 2. The molecule has 2 aromatic rings. The molecule has 2 aromatic carbocycles. The molecular weight excluding hydrogens is 470 g/mol. The topological polar surface area (TPSA) is 69.7 Å². The molecule has 0 bridgehead atoms. The maximum absolute atomic E-state index is 12.9. The van der Waals surface area contributed by atoms with Crippen molar-refractivity contribution in [3.05, 3.63) is 63.5 Å². The molecule has 178 valence electrons. The molecule has 2 aliphatic rings. The van der Waals surface area contributed by atoms with Gasteiger partial charge in [0.1, 0.15) is 6.54 Å². The first-order valence-electron chi connectivity index (χ1n) is 11.3. The second-order valence-electron chi connectivity index (χ2n) is 9.31. The molecular formula is C26H28ClN3O3S. The Balaban J connectivity index is 1.51. The summed E-state index contributed by atoms with van der Waals surface area (Å²) in [6, 6.07) is 12.9. The summed E-state index contributed by atoms with van der Waals surface area (Å²) >= 11 is 6.80. The van der Waals surface area contributed by atoms with Gasteiger partial charge in [0.2, 0.25) is 5.91 Å². The first kappa shape index (κ1) is 24.4. The summed E-state index contributed by atoms with van der Waals surface area (Å²) < 4.78 is 0. The normalized spacial score (nSPS) is 20.6. The van der Waals surface area contributed by atoms with Gasteiger partial charge in [0.15, 0.2) is 0 Å². The molecule has 8 heteroatoms. The van der Waals surface area contributed by atoms with Crippen molar-refractivity contribution in [3.8, 4) is 0 Å². The van der Waals surface area contributed by atoms with E-state index in [9.17, 15) is 14.4 Å². The van der Waals surface area contributed by atoms with Gasteiger partial charge < -0.3 is 10.2 Å². The fourth-order valence-corrected chi connectivity index (χ4v) is 5.92. The van der Waals surface area contributed by atoms with Crippen molar-refractivity contribution < 1.29 is 14.4 Å². The van der Waals surface area contributed by atoms with E-state index in [0.717, 1.165) is 35.2 Å². The van der Waals surface area contributed by atoms with Crippen LogP contribution in [0.4, 0.5) is 16.2 Å². The van der Waals surface area contributed by atoms with Crippen molar-refractivity contribution in [2.45, 2.75) is 45.6 Å². The van der Waals surface area contributed by atoms with Crippen molar-refractivity contribution in [1.29, 1.82) is 0 Å². The average Bonchev–Trinajstić information content (AvgIpc) is 3.01. The fourth-order valence-electron chi connectivity index (χ4n) is 4.90. The van der Waals surface area contributed by atoms with Crippen LogP contribution in [0.3, 0.4) is 0 Å². The number of carbonyl (C=O) groups excluding carboxylic acids is 3. The molecule has 34 heavy (non-hydrogen) atoms. The van der Waals surface area contributed by atoms with Crippen LogP contribution >= 0.6 is 23.4 Å². The fraction of sp³-hybridized carbons (Fsp3) is 0.346. The van der Waals surface area contributed by atoms with Gasteiger partial charge in [-0.1, -0.05) is 30.7 Å². The molecule has 0 aliphatic carbocycles. The first-order chi connectivity index (χ1) is 16.1. The summed E-state index contributed by atoms with van der Waals surface area (Å²) in [5, 5.41) is 2.70. The number of fused-ring (bicyclic) bond motifs is 1. The van der Waals surface area contributed by atoms with Crippen molar-refractivity contribution >= 4 is 57.9 Å². The number of hydrogen-bond donors (Lipinski definition) is 1. The molecule has 1 fully saturated rings. The van der Waals surface area contributed by atoms with Gasteiger partial charge >= 0.3 is 0 Å². The van der Waals surface area contributed by atoms with Crippen LogP contribution in [-0.2, 0) is 9.59 Å². The number of thioether (sulfide) groups is 1. The van der Waals surface area contributed by atoms with E-state index in [2.05, 4.69) is 50.0 Å². The van der Waals surface area contributed by atoms with Crippen LogP contribution in [-0.4, -0.2) is 40.6 Å². The van der Waals surface area contributed by atoms with Gasteiger partial charge in [0.25, 0.3) is 11.1 Å². The molecule has 1 N–H and O–H groups in total. The van der Waals surface area contributed by atoms with Crippen molar-refractivity contribution in [2.24, 2.45) is 0 Å². The number of amides is 3. The lowest BCUT2D eigenvalue weighted by Gasteiger charge is -2.47. The monoisotopic (exact) mass is 497 g/mol. The van der Waals surface area contributed by atoms with Crippen LogP contribution in [0.2, 0.25) is 5.02 Å². The Labute approximate surface area is 209 Å². The smallest absolute Gasteiger partial charge is 0.294 e. The van der Waals surface area contributed by atoms with Gasteiger partial charge in [-0.15, -0.1) is 0 Å². The largest absolute Gasteiger partial charge is 0.366 e. The van der Waals surface area contributed by atoms with E-state index in [1.165, 1.54) is 11.3 Å². The van der Waals surface area contributed by atoms with Crippen molar-refractivity contribution in [2.75, 3.05) is 23.3 Å². The Kier molecular flexibility index (Phi) is 6.78. The van der Waals surface area contributed by atoms with Gasteiger partial charge in [0.05, 0.1) is 4.91 Å². The van der Waals surface area contributed by atoms with Crippen LogP contribution in [0, 0.1) is 0 Å². The Morgan fingerprint density at radius 1 is 1.24 bits per heavy atom. The number of hydrogen-bond acceptors (Lipinski definition) is 5. The lowest BCUT2D eigenvalue weighted by molar-refractivity contribution is -0.127. The number of anilines is 2. The predicted molar refractivity (Wildman–Crippen MR) is 139 cm³/mol. The zero-order chi connectivity index (χ0) is 24.6. The summed E-state index contributed by atoms with van der Waals surface area (Å²) in [7, 11) is 0. The highest BCUT2D eigenvalue weighted by molar-refractivity contribution is 8.18. The Morgan fingerprint density at radius 3 is 2.71 bits per heavy atom. The molecule has 0 unspecified atom stereocenters. The Hall–Kier alpha value is -2.77. The van der Waals surface area contributed by atoms with E-state index in [-0.39, 0.29) is 12.1 Å². The van der Waals surface area contributed by atoms with E-state index < -0.39 is 17.1 Å². The lowest BCUT2D eigenvalue weighted by Crippen LogP contribution is -2.48. The summed E-state index contributed by atoms with van der Waals surface area (Å²) in [6.45, 7) is 9.49. The maximum atomic E-state index is 12.9. The minimum Gasteiger partial charge on any atom is -0.366 e. The third-order valence-corrected chi connectivity index (χ3v) is 7.45. The van der Waals surface area contributed by atoms with Crippen LogP contribution in [0.25, 0.3) is 6.08 Å². The third-order valence-electron chi connectivity index (χ3n) is 6.31. The van der Waals surface area contributed by atoms with E-state index in [1.807, 2.05) is 6.07 Å². The Bertz CT molecular complexity index is 1190. The molecule has 2 heterocycles. The highest BCUT2D eigenvalue weighted by Gasteiger charge is 2.37. The standard InChI is InChI=1S/C26H28ClN3O3S/c1-5-30-21-10-9-17(11-20(21)16(2)14-26(30,3)4)12-22-24(32)29(25(33)34-22)15-23(31)28-19-8-6-7-18(27)13-19/h6-13,16H,5,14-15H2,1-4H3,(H,28,31)/b22-12-/t16-/m1/s1. The molecule has 1 saturated heterocycles. The number of nitrogens with one attached hydrogen (secondary N) is 1. The van der Waals surface area contributed by atoms with Crippen LogP contribution in [0.5, 0.6) is 0 Å². The summed E-state index contributed by atoms with van der Waals surface area (Å²) in [4.78, 5) is 41.5. The number of benzene rings is 2. The quantitative estimate of drug-likeness (QED) is 0.503.